The van der Waals surface area contributed by atoms with Crippen LogP contribution in [0.1, 0.15) is 23.8 Å². The number of hydrogen-bond donors (Lipinski definition) is 2. The summed E-state index contributed by atoms with van der Waals surface area (Å²) in [4.78, 5) is 26.8. The molecule has 3 N–H and O–H groups in total. The number of nitrogens with one attached hydrogen (secondary N) is 1. The highest BCUT2D eigenvalue weighted by Gasteiger charge is 2.27. The minimum atomic E-state index is -3.22. The number of nitrogen functional groups attached to an aromatic ring is 1. The molecule has 0 aliphatic carbocycles. The lowest BCUT2D eigenvalue weighted by Gasteiger charge is -2.34. The van der Waals surface area contributed by atoms with Gasteiger partial charge in [0.2, 0.25) is 10.0 Å². The van der Waals surface area contributed by atoms with Gasteiger partial charge < -0.3 is 16.0 Å². The average Bonchev–Trinajstić information content (AvgIpc) is 2.69. The van der Waals surface area contributed by atoms with Crippen LogP contribution in [0.2, 0.25) is 0 Å². The molecular weight excluding hydrogens is 382 g/mol. The van der Waals surface area contributed by atoms with E-state index in [0.717, 1.165) is 0 Å². The minimum Gasteiger partial charge on any atom is -0.382 e. The van der Waals surface area contributed by atoms with Crippen LogP contribution in [0.5, 0.6) is 0 Å². The zero-order chi connectivity index (χ0) is 20.1. The average molecular weight is 405 g/mol. The van der Waals surface area contributed by atoms with Crippen molar-refractivity contribution in [2.75, 3.05) is 47.9 Å². The fourth-order valence-corrected chi connectivity index (χ4v) is 4.40. The molecule has 3 heterocycles. The Morgan fingerprint density at radius 2 is 1.96 bits per heavy atom. The number of carbonyl (C=O) groups excluding carboxylic acids is 1. The number of rotatable bonds is 6. The molecule has 2 aromatic heterocycles. The van der Waals surface area contributed by atoms with Crippen molar-refractivity contribution in [3.05, 3.63) is 36.3 Å². The molecule has 0 atom stereocenters. The molecular formula is C17H23N7O3S. The molecule has 1 aliphatic rings. The Labute approximate surface area is 163 Å². The van der Waals surface area contributed by atoms with Gasteiger partial charge in [-0.3, -0.25) is 4.79 Å². The second kappa shape index (κ2) is 8.48. The van der Waals surface area contributed by atoms with E-state index in [1.54, 1.807) is 24.4 Å². The van der Waals surface area contributed by atoms with Crippen LogP contribution in [0.4, 0.5) is 17.5 Å². The van der Waals surface area contributed by atoms with E-state index in [-0.39, 0.29) is 17.3 Å². The fourth-order valence-electron chi connectivity index (χ4n) is 2.90. The van der Waals surface area contributed by atoms with Crippen molar-refractivity contribution in [2.24, 2.45) is 0 Å². The molecule has 0 radical (unpaired) electrons. The summed E-state index contributed by atoms with van der Waals surface area (Å²) in [7, 11) is -3.22. The standard InChI is InChI=1S/C17H23N7O3S/c1-2-11-28(26,27)24-9-7-23(8-10-24)14-12-20-16(18)15(22-14)17(25)21-13-5-3-4-6-19-13/h3-6,12H,2,7-11H2,1H3,(H2,18,20)(H,19,21,25). The van der Waals surface area contributed by atoms with Gasteiger partial charge in [-0.1, -0.05) is 13.0 Å². The van der Waals surface area contributed by atoms with Gasteiger partial charge >= 0.3 is 0 Å². The SMILES string of the molecule is CCCS(=O)(=O)N1CCN(c2cnc(N)c(C(=O)Nc3ccccn3)n2)CC1. The molecule has 0 bridgehead atoms. The summed E-state index contributed by atoms with van der Waals surface area (Å²) in [5.41, 5.74) is 5.83. The molecule has 28 heavy (non-hydrogen) atoms. The minimum absolute atomic E-state index is 0.00388. The van der Waals surface area contributed by atoms with Crippen LogP contribution in [0.25, 0.3) is 0 Å². The van der Waals surface area contributed by atoms with Crippen molar-refractivity contribution in [2.45, 2.75) is 13.3 Å². The third-order valence-corrected chi connectivity index (χ3v) is 6.40. The summed E-state index contributed by atoms with van der Waals surface area (Å²) in [6, 6.07) is 5.15. The van der Waals surface area contributed by atoms with Gasteiger partial charge in [-0.25, -0.2) is 23.4 Å². The van der Waals surface area contributed by atoms with E-state index in [2.05, 4.69) is 20.3 Å². The molecule has 2 aromatic rings. The van der Waals surface area contributed by atoms with Crippen molar-refractivity contribution < 1.29 is 13.2 Å². The first-order valence-electron chi connectivity index (χ1n) is 8.98. The Bertz CT molecular complexity index is 929. The molecule has 1 saturated heterocycles. The predicted molar refractivity (Wildman–Crippen MR) is 106 cm³/mol. The van der Waals surface area contributed by atoms with Crippen molar-refractivity contribution in [3.63, 3.8) is 0 Å². The summed E-state index contributed by atoms with van der Waals surface area (Å²) >= 11 is 0. The normalized spacial score (nSPS) is 15.4. The number of nitrogens with zero attached hydrogens (tertiary/aromatic N) is 5. The Morgan fingerprint density at radius 3 is 2.61 bits per heavy atom. The lowest BCUT2D eigenvalue weighted by Crippen LogP contribution is -2.49. The molecule has 0 spiro atoms. The summed E-state index contributed by atoms with van der Waals surface area (Å²) in [6.07, 6.45) is 3.64. The predicted octanol–water partition coefficient (Wildman–Crippen LogP) is 0.568. The Balaban J connectivity index is 1.71. The van der Waals surface area contributed by atoms with Crippen LogP contribution < -0.4 is 16.0 Å². The first kappa shape index (κ1) is 20.0. The van der Waals surface area contributed by atoms with Crippen molar-refractivity contribution in [1.29, 1.82) is 0 Å². The molecule has 1 amide bonds. The fraction of sp³-hybridized carbons (Fsp3) is 0.412. The third-order valence-electron chi connectivity index (χ3n) is 4.33. The zero-order valence-corrected chi connectivity index (χ0v) is 16.4. The van der Waals surface area contributed by atoms with Crippen molar-refractivity contribution in [1.82, 2.24) is 19.3 Å². The monoisotopic (exact) mass is 405 g/mol. The molecule has 0 aromatic carbocycles. The second-order valence-electron chi connectivity index (χ2n) is 6.33. The van der Waals surface area contributed by atoms with Crippen LogP contribution in [-0.4, -0.2) is 65.5 Å². The number of hydrogen-bond acceptors (Lipinski definition) is 8. The molecule has 10 nitrogen and oxygen atoms in total. The molecule has 1 aliphatic heterocycles. The van der Waals surface area contributed by atoms with E-state index in [1.165, 1.54) is 10.5 Å². The number of carbonyl (C=O) groups is 1. The lowest BCUT2D eigenvalue weighted by atomic mass is 10.3. The van der Waals surface area contributed by atoms with E-state index in [0.29, 0.717) is 44.2 Å². The van der Waals surface area contributed by atoms with Crippen LogP contribution in [-0.2, 0) is 10.0 Å². The molecule has 0 unspecified atom stereocenters. The smallest absolute Gasteiger partial charge is 0.279 e. The maximum absolute atomic E-state index is 12.5. The topological polar surface area (TPSA) is 134 Å². The molecule has 11 heteroatoms. The van der Waals surface area contributed by atoms with Gasteiger partial charge in [-0.15, -0.1) is 0 Å². The third kappa shape index (κ3) is 4.54. The number of pyridine rings is 1. The van der Waals surface area contributed by atoms with Gasteiger partial charge in [-0.05, 0) is 18.6 Å². The van der Waals surface area contributed by atoms with Gasteiger partial charge in [0.05, 0.1) is 11.9 Å². The number of anilines is 3. The maximum Gasteiger partial charge on any atom is 0.279 e. The Kier molecular flexibility index (Phi) is 6.05. The number of amides is 1. The summed E-state index contributed by atoms with van der Waals surface area (Å²) in [5, 5.41) is 2.63. The lowest BCUT2D eigenvalue weighted by molar-refractivity contribution is 0.102. The van der Waals surface area contributed by atoms with E-state index in [1.807, 2.05) is 11.8 Å². The highest BCUT2D eigenvalue weighted by molar-refractivity contribution is 7.89. The van der Waals surface area contributed by atoms with E-state index in [4.69, 9.17) is 5.73 Å². The Hall–Kier alpha value is -2.79. The van der Waals surface area contributed by atoms with Gasteiger partial charge in [0.25, 0.3) is 5.91 Å². The largest absolute Gasteiger partial charge is 0.382 e. The van der Waals surface area contributed by atoms with E-state index in [9.17, 15) is 13.2 Å². The maximum atomic E-state index is 12.5. The van der Waals surface area contributed by atoms with Gasteiger partial charge in [0.15, 0.2) is 11.5 Å². The van der Waals surface area contributed by atoms with Gasteiger partial charge in [-0.2, -0.15) is 4.31 Å². The summed E-state index contributed by atoms with van der Waals surface area (Å²) in [6.45, 7) is 3.49. The van der Waals surface area contributed by atoms with Crippen LogP contribution in [0.15, 0.2) is 30.6 Å². The quantitative estimate of drug-likeness (QED) is 0.712. The second-order valence-corrected chi connectivity index (χ2v) is 8.42. The molecule has 0 saturated carbocycles. The van der Waals surface area contributed by atoms with Gasteiger partial charge in [0, 0.05) is 32.4 Å². The molecule has 1 fully saturated rings. The highest BCUT2D eigenvalue weighted by atomic mass is 32.2. The molecule has 150 valence electrons. The van der Waals surface area contributed by atoms with Crippen molar-refractivity contribution >= 4 is 33.4 Å². The first-order valence-corrected chi connectivity index (χ1v) is 10.6. The first-order chi connectivity index (χ1) is 13.4. The van der Waals surface area contributed by atoms with Crippen LogP contribution in [0.3, 0.4) is 0 Å². The summed E-state index contributed by atoms with van der Waals surface area (Å²) < 4.78 is 25.9. The number of aromatic nitrogens is 3. The number of nitrogens with two attached hydrogens (primary N) is 1. The summed E-state index contributed by atoms with van der Waals surface area (Å²) in [5.74, 6) is 0.518. The zero-order valence-electron chi connectivity index (χ0n) is 15.6. The Morgan fingerprint density at radius 1 is 1.21 bits per heavy atom. The van der Waals surface area contributed by atoms with Crippen LogP contribution >= 0.6 is 0 Å². The van der Waals surface area contributed by atoms with Crippen LogP contribution in [0, 0.1) is 0 Å². The number of sulfonamides is 1. The van der Waals surface area contributed by atoms with E-state index >= 15 is 0 Å². The van der Waals surface area contributed by atoms with Crippen molar-refractivity contribution in [3.8, 4) is 0 Å². The number of piperazine rings is 1. The molecule has 3 rings (SSSR count). The van der Waals surface area contributed by atoms with Gasteiger partial charge in [0.1, 0.15) is 11.6 Å². The van der Waals surface area contributed by atoms with E-state index < -0.39 is 15.9 Å². The highest BCUT2D eigenvalue weighted by Crippen LogP contribution is 2.18.